The van der Waals surface area contributed by atoms with Crippen LogP contribution in [0.3, 0.4) is 0 Å². The van der Waals surface area contributed by atoms with Gasteiger partial charge >= 0.3 is 0 Å². The molecule has 1 amide bonds. The summed E-state index contributed by atoms with van der Waals surface area (Å²) in [5.74, 6) is -0.578. The van der Waals surface area contributed by atoms with Crippen LogP contribution in [0.25, 0.3) is 0 Å². The highest BCUT2D eigenvalue weighted by molar-refractivity contribution is 7.90. The van der Waals surface area contributed by atoms with Crippen LogP contribution in [0.1, 0.15) is 20.2 Å². The van der Waals surface area contributed by atoms with E-state index in [0.717, 1.165) is 11.8 Å². The van der Waals surface area contributed by atoms with Crippen molar-refractivity contribution in [1.82, 2.24) is 20.5 Å². The predicted octanol–water partition coefficient (Wildman–Crippen LogP) is 1.000. The number of carbonyl (C=O) groups is 1. The first-order chi connectivity index (χ1) is 12.9. The fourth-order valence-electron chi connectivity index (χ4n) is 2.38. The Labute approximate surface area is 153 Å². The summed E-state index contributed by atoms with van der Waals surface area (Å²) in [6.07, 6.45) is 1.66. The lowest BCUT2D eigenvalue weighted by Gasteiger charge is -2.14. The smallest absolute Gasteiger partial charge is 0.273 e. The van der Waals surface area contributed by atoms with Crippen LogP contribution in [0.5, 0.6) is 0 Å². The number of nitrogens with one attached hydrogen (secondary N) is 3. The SMILES string of the molecule is [2H]C([2H])([2H])NC(=O)c1nnc(Cl)cc1Nc1nc2c(cc1S(C)(=O)=O)CCN2. The van der Waals surface area contributed by atoms with Gasteiger partial charge in [0.15, 0.2) is 26.5 Å². The summed E-state index contributed by atoms with van der Waals surface area (Å²) >= 11 is 5.84. The maximum absolute atomic E-state index is 12.2. The maximum Gasteiger partial charge on any atom is 0.273 e. The minimum absolute atomic E-state index is 0.0444. The summed E-state index contributed by atoms with van der Waals surface area (Å²) in [4.78, 5) is 16.4. The molecule has 132 valence electrons. The lowest BCUT2D eigenvalue weighted by Crippen LogP contribution is -2.21. The summed E-state index contributed by atoms with van der Waals surface area (Å²) < 4.78 is 45.9. The monoisotopic (exact) mass is 385 g/mol. The molecule has 11 heteroatoms. The lowest BCUT2D eigenvalue weighted by atomic mass is 10.2. The van der Waals surface area contributed by atoms with Crippen LogP contribution in [0.2, 0.25) is 5.15 Å². The van der Waals surface area contributed by atoms with Gasteiger partial charge in [0.1, 0.15) is 10.7 Å². The molecule has 0 aliphatic carbocycles. The molecule has 3 N–H and O–H groups in total. The number of halogens is 1. The molecule has 0 saturated heterocycles. The average molecular weight is 386 g/mol. The van der Waals surface area contributed by atoms with Crippen molar-refractivity contribution in [2.75, 3.05) is 30.4 Å². The summed E-state index contributed by atoms with van der Waals surface area (Å²) in [5, 5.41) is 14.6. The van der Waals surface area contributed by atoms with Crippen LogP contribution in [0.4, 0.5) is 17.3 Å². The third-order valence-corrected chi connectivity index (χ3v) is 4.79. The van der Waals surface area contributed by atoms with E-state index in [4.69, 9.17) is 15.7 Å². The molecule has 25 heavy (non-hydrogen) atoms. The molecule has 2 aromatic heterocycles. The Kier molecular flexibility index (Phi) is 3.56. The highest BCUT2D eigenvalue weighted by Gasteiger charge is 2.23. The molecule has 9 nitrogen and oxygen atoms in total. The molecule has 1 aliphatic heterocycles. The van der Waals surface area contributed by atoms with Crippen molar-refractivity contribution < 1.29 is 17.3 Å². The number of amides is 1. The third-order valence-electron chi connectivity index (χ3n) is 3.50. The highest BCUT2D eigenvalue weighted by atomic mass is 35.5. The van der Waals surface area contributed by atoms with E-state index >= 15 is 0 Å². The number of sulfone groups is 1. The first kappa shape index (κ1) is 13.8. The Balaban J connectivity index is 2.07. The minimum atomic E-state index is -3.66. The quantitative estimate of drug-likeness (QED) is 0.711. The van der Waals surface area contributed by atoms with Crippen LogP contribution >= 0.6 is 11.6 Å². The number of nitrogens with zero attached hydrogens (tertiary/aromatic N) is 3. The van der Waals surface area contributed by atoms with Gasteiger partial charge in [0.05, 0.1) is 5.69 Å². The average Bonchev–Trinajstić information content (AvgIpc) is 2.99. The van der Waals surface area contributed by atoms with Crippen molar-refractivity contribution in [3.63, 3.8) is 0 Å². The van der Waals surface area contributed by atoms with E-state index < -0.39 is 22.7 Å². The largest absolute Gasteiger partial charge is 0.369 e. The summed E-state index contributed by atoms with van der Waals surface area (Å²) in [6, 6.07) is 2.72. The number of rotatable bonds is 4. The Morgan fingerprint density at radius 1 is 1.40 bits per heavy atom. The van der Waals surface area contributed by atoms with Gasteiger partial charge in [-0.2, -0.15) is 0 Å². The van der Waals surface area contributed by atoms with Crippen molar-refractivity contribution in [3.8, 4) is 0 Å². The van der Waals surface area contributed by atoms with E-state index in [1.165, 1.54) is 12.1 Å². The third kappa shape index (κ3) is 3.49. The molecule has 0 atom stereocenters. The van der Waals surface area contributed by atoms with Gasteiger partial charge in [0, 0.05) is 30.0 Å². The number of carbonyl (C=O) groups excluding carboxylic acids is 1. The van der Waals surface area contributed by atoms with E-state index in [1.54, 1.807) is 5.32 Å². The van der Waals surface area contributed by atoms with E-state index in [2.05, 4.69) is 25.8 Å². The molecule has 2 aromatic rings. The normalized spacial score (nSPS) is 15.4. The second-order valence-electron chi connectivity index (χ2n) is 5.30. The number of anilines is 3. The summed E-state index contributed by atoms with van der Waals surface area (Å²) in [7, 11) is -3.66. The zero-order valence-corrected chi connectivity index (χ0v) is 14.5. The van der Waals surface area contributed by atoms with Gasteiger partial charge in [0.25, 0.3) is 5.91 Å². The van der Waals surface area contributed by atoms with Gasteiger partial charge in [-0.3, -0.25) is 4.79 Å². The molecule has 0 spiro atoms. The molecule has 0 saturated carbocycles. The standard InChI is InChI=1S/C14H15ClN6O3S/c1-16-14(22)11-8(6-10(15)20-21-11)18-13-9(25(2,23)24)5-7-3-4-17-12(7)19-13/h5-6H,3-4H2,1-2H3,(H,16,22)(H2,17,18,19,20)/i1D3. The zero-order valence-electron chi connectivity index (χ0n) is 15.9. The van der Waals surface area contributed by atoms with Crippen LogP contribution in [0, 0.1) is 0 Å². The zero-order chi connectivity index (χ0) is 20.7. The van der Waals surface area contributed by atoms with Crippen molar-refractivity contribution >= 4 is 44.7 Å². The number of hydrogen-bond acceptors (Lipinski definition) is 8. The van der Waals surface area contributed by atoms with Crippen molar-refractivity contribution in [1.29, 1.82) is 0 Å². The second kappa shape index (κ2) is 6.45. The molecular weight excluding hydrogens is 368 g/mol. The van der Waals surface area contributed by atoms with Crippen molar-refractivity contribution in [2.45, 2.75) is 11.3 Å². The number of fused-ring (bicyclic) bond motifs is 1. The van der Waals surface area contributed by atoms with Crippen molar-refractivity contribution in [2.24, 2.45) is 0 Å². The molecule has 0 radical (unpaired) electrons. The van der Waals surface area contributed by atoms with E-state index in [-0.39, 0.29) is 27.2 Å². The van der Waals surface area contributed by atoms with Crippen LogP contribution in [0.15, 0.2) is 17.0 Å². The Morgan fingerprint density at radius 3 is 2.92 bits per heavy atom. The highest BCUT2D eigenvalue weighted by Crippen LogP contribution is 2.31. The summed E-state index contributed by atoms with van der Waals surface area (Å²) in [6.45, 7) is -2.13. The minimum Gasteiger partial charge on any atom is -0.369 e. The maximum atomic E-state index is 12.2. The van der Waals surface area contributed by atoms with Gasteiger partial charge < -0.3 is 16.0 Å². The van der Waals surface area contributed by atoms with E-state index in [1.807, 2.05) is 0 Å². The fraction of sp³-hybridized carbons (Fsp3) is 0.286. The summed E-state index contributed by atoms with van der Waals surface area (Å²) in [5.41, 5.74) is 0.324. The molecule has 1 aliphatic rings. The van der Waals surface area contributed by atoms with Gasteiger partial charge in [-0.15, -0.1) is 10.2 Å². The molecule has 3 rings (SSSR count). The molecule has 0 bridgehead atoms. The molecule has 0 aromatic carbocycles. The van der Waals surface area contributed by atoms with Crippen LogP contribution in [-0.2, 0) is 16.3 Å². The number of pyridine rings is 1. The predicted molar refractivity (Wildman–Crippen MR) is 93.3 cm³/mol. The fourth-order valence-corrected chi connectivity index (χ4v) is 3.33. The van der Waals surface area contributed by atoms with E-state index in [9.17, 15) is 13.2 Å². The number of aromatic nitrogens is 3. The van der Waals surface area contributed by atoms with Crippen molar-refractivity contribution in [3.05, 3.63) is 28.5 Å². The first-order valence-corrected chi connectivity index (χ1v) is 9.31. The van der Waals surface area contributed by atoms with Gasteiger partial charge in [0.2, 0.25) is 0 Å². The Hall–Kier alpha value is -2.46. The Bertz CT molecular complexity index is 1060. The van der Waals surface area contributed by atoms with E-state index in [0.29, 0.717) is 18.8 Å². The van der Waals surface area contributed by atoms with Gasteiger partial charge in [-0.25, -0.2) is 13.4 Å². The number of hydrogen-bond donors (Lipinski definition) is 3. The molecule has 0 unspecified atom stereocenters. The van der Waals surface area contributed by atoms with Crippen LogP contribution < -0.4 is 16.0 Å². The second-order valence-corrected chi connectivity index (χ2v) is 7.67. The Morgan fingerprint density at radius 2 is 2.20 bits per heavy atom. The topological polar surface area (TPSA) is 126 Å². The molecular formula is C14H15ClN6O3S. The van der Waals surface area contributed by atoms with Crippen LogP contribution in [-0.4, -0.2) is 49.3 Å². The lowest BCUT2D eigenvalue weighted by molar-refractivity contribution is 0.0958. The van der Waals surface area contributed by atoms with Gasteiger partial charge in [-0.1, -0.05) is 11.6 Å². The molecule has 3 heterocycles. The first-order valence-electron chi connectivity index (χ1n) is 8.55. The van der Waals surface area contributed by atoms with Gasteiger partial charge in [-0.05, 0) is 18.1 Å². The molecule has 0 fully saturated rings.